The minimum atomic E-state index is 0.0810. The van der Waals surface area contributed by atoms with Gasteiger partial charge in [-0.05, 0) is 53.6 Å². The fourth-order valence-electron chi connectivity index (χ4n) is 2.19. The second kappa shape index (κ2) is 4.91. The van der Waals surface area contributed by atoms with Gasteiger partial charge in [0.1, 0.15) is 0 Å². The maximum Gasteiger partial charge on any atom is 0.194 e. The molecule has 0 fully saturated rings. The van der Waals surface area contributed by atoms with Crippen molar-refractivity contribution in [3.8, 4) is 0 Å². The lowest BCUT2D eigenvalue weighted by Gasteiger charge is -2.05. The maximum atomic E-state index is 12.6. The Kier molecular flexibility index (Phi) is 3.25. The number of benzene rings is 2. The van der Waals surface area contributed by atoms with Crippen molar-refractivity contribution >= 4 is 43.1 Å². The third-order valence-corrected chi connectivity index (χ3v) is 4.45. The standard InChI is InChI=1S/C16H11BrOS/c1-10-7-12(9-13(17)8-10)15(18)14-4-2-3-11-5-6-19-16(11)14/h2-9H,1H3. The monoisotopic (exact) mass is 330 g/mol. The number of aryl methyl sites for hydroxylation is 1. The molecule has 1 nitrogen and oxygen atoms in total. The number of hydrogen-bond acceptors (Lipinski definition) is 2. The van der Waals surface area contributed by atoms with Gasteiger partial charge in [-0.2, -0.15) is 0 Å². The molecule has 0 saturated heterocycles. The van der Waals surface area contributed by atoms with Crippen LogP contribution >= 0.6 is 27.3 Å². The van der Waals surface area contributed by atoms with E-state index in [0.717, 1.165) is 31.2 Å². The third kappa shape index (κ3) is 2.36. The number of carbonyl (C=O) groups excluding carboxylic acids is 1. The molecule has 0 saturated carbocycles. The van der Waals surface area contributed by atoms with Crippen LogP contribution in [0.1, 0.15) is 21.5 Å². The first-order valence-electron chi connectivity index (χ1n) is 5.93. The molecule has 0 atom stereocenters. The smallest absolute Gasteiger partial charge is 0.194 e. The molecule has 1 aromatic heterocycles. The van der Waals surface area contributed by atoms with E-state index in [1.54, 1.807) is 11.3 Å². The fourth-order valence-corrected chi connectivity index (χ4v) is 3.71. The predicted molar refractivity (Wildman–Crippen MR) is 84.1 cm³/mol. The molecule has 0 spiro atoms. The van der Waals surface area contributed by atoms with Crippen LogP contribution in [0.5, 0.6) is 0 Å². The molecule has 19 heavy (non-hydrogen) atoms. The molecule has 94 valence electrons. The van der Waals surface area contributed by atoms with Crippen LogP contribution in [0, 0.1) is 6.92 Å². The summed E-state index contributed by atoms with van der Waals surface area (Å²) in [5.74, 6) is 0.0810. The first kappa shape index (κ1) is 12.6. The van der Waals surface area contributed by atoms with Gasteiger partial charge in [0.15, 0.2) is 5.78 Å². The summed E-state index contributed by atoms with van der Waals surface area (Å²) in [5.41, 5.74) is 2.59. The molecule has 0 aliphatic carbocycles. The summed E-state index contributed by atoms with van der Waals surface area (Å²) in [5, 5.41) is 3.15. The van der Waals surface area contributed by atoms with E-state index in [0.29, 0.717) is 0 Å². The van der Waals surface area contributed by atoms with E-state index >= 15 is 0 Å². The first-order valence-corrected chi connectivity index (χ1v) is 7.60. The van der Waals surface area contributed by atoms with Crippen molar-refractivity contribution in [2.24, 2.45) is 0 Å². The lowest BCUT2D eigenvalue weighted by atomic mass is 10.0. The van der Waals surface area contributed by atoms with Crippen molar-refractivity contribution in [2.45, 2.75) is 6.92 Å². The number of carbonyl (C=O) groups is 1. The number of hydrogen-bond donors (Lipinski definition) is 0. The second-order valence-electron chi connectivity index (χ2n) is 4.49. The Morgan fingerprint density at radius 2 is 2.00 bits per heavy atom. The molecule has 0 aliphatic heterocycles. The topological polar surface area (TPSA) is 17.1 Å². The zero-order valence-corrected chi connectivity index (χ0v) is 12.7. The molecule has 3 rings (SSSR count). The van der Waals surface area contributed by atoms with Crippen LogP contribution < -0.4 is 0 Å². The molecule has 3 heteroatoms. The summed E-state index contributed by atoms with van der Waals surface area (Å²) in [7, 11) is 0. The van der Waals surface area contributed by atoms with Gasteiger partial charge in [0, 0.05) is 20.3 Å². The highest BCUT2D eigenvalue weighted by atomic mass is 79.9. The van der Waals surface area contributed by atoms with Crippen LogP contribution in [0.2, 0.25) is 0 Å². The predicted octanol–water partition coefficient (Wildman–Crippen LogP) is 5.20. The number of ketones is 1. The van der Waals surface area contributed by atoms with Crippen molar-refractivity contribution in [1.29, 1.82) is 0 Å². The Labute approximate surface area is 124 Å². The molecular formula is C16H11BrOS. The molecule has 0 aliphatic rings. The summed E-state index contributed by atoms with van der Waals surface area (Å²) in [4.78, 5) is 12.6. The molecule has 1 heterocycles. The number of fused-ring (bicyclic) bond motifs is 1. The third-order valence-electron chi connectivity index (χ3n) is 3.03. The van der Waals surface area contributed by atoms with E-state index in [2.05, 4.69) is 15.9 Å². The average molecular weight is 331 g/mol. The average Bonchev–Trinajstić information content (AvgIpc) is 2.84. The van der Waals surface area contributed by atoms with Crippen LogP contribution in [0.25, 0.3) is 10.1 Å². The van der Waals surface area contributed by atoms with E-state index in [1.807, 2.05) is 54.8 Å². The molecule has 0 radical (unpaired) electrons. The molecule has 0 N–H and O–H groups in total. The first-order chi connectivity index (χ1) is 9.15. The Hall–Kier alpha value is -1.45. The van der Waals surface area contributed by atoms with E-state index in [9.17, 15) is 4.79 Å². The zero-order chi connectivity index (χ0) is 13.4. The van der Waals surface area contributed by atoms with Gasteiger partial charge in [0.05, 0.1) is 0 Å². The van der Waals surface area contributed by atoms with Gasteiger partial charge in [0.2, 0.25) is 0 Å². The van der Waals surface area contributed by atoms with Crippen molar-refractivity contribution in [3.05, 3.63) is 69.0 Å². The summed E-state index contributed by atoms with van der Waals surface area (Å²) in [6, 6.07) is 13.7. The molecule has 2 aromatic carbocycles. The van der Waals surface area contributed by atoms with Crippen molar-refractivity contribution in [1.82, 2.24) is 0 Å². The largest absolute Gasteiger partial charge is 0.289 e. The zero-order valence-electron chi connectivity index (χ0n) is 10.3. The number of rotatable bonds is 2. The summed E-state index contributed by atoms with van der Waals surface area (Å²) >= 11 is 5.06. The molecule has 0 unspecified atom stereocenters. The van der Waals surface area contributed by atoms with Gasteiger partial charge in [0.25, 0.3) is 0 Å². The minimum absolute atomic E-state index is 0.0810. The Morgan fingerprint density at radius 3 is 2.79 bits per heavy atom. The van der Waals surface area contributed by atoms with Crippen LogP contribution in [0.4, 0.5) is 0 Å². The highest BCUT2D eigenvalue weighted by molar-refractivity contribution is 9.10. The van der Waals surface area contributed by atoms with E-state index in [1.165, 1.54) is 0 Å². The van der Waals surface area contributed by atoms with E-state index in [-0.39, 0.29) is 5.78 Å². The molecular weight excluding hydrogens is 320 g/mol. The van der Waals surface area contributed by atoms with E-state index < -0.39 is 0 Å². The molecule has 0 amide bonds. The second-order valence-corrected chi connectivity index (χ2v) is 6.32. The van der Waals surface area contributed by atoms with Crippen molar-refractivity contribution < 1.29 is 4.79 Å². The highest BCUT2D eigenvalue weighted by Crippen LogP contribution is 2.27. The van der Waals surface area contributed by atoms with Gasteiger partial charge < -0.3 is 0 Å². The van der Waals surface area contributed by atoms with Crippen LogP contribution in [0.15, 0.2) is 52.3 Å². The normalized spacial score (nSPS) is 10.8. The van der Waals surface area contributed by atoms with Gasteiger partial charge >= 0.3 is 0 Å². The molecule has 3 aromatic rings. The summed E-state index contributed by atoms with van der Waals surface area (Å²) in [6.07, 6.45) is 0. The Balaban J connectivity index is 2.16. The molecule has 0 bridgehead atoms. The SMILES string of the molecule is Cc1cc(Br)cc(C(=O)c2cccc3ccsc23)c1. The van der Waals surface area contributed by atoms with Crippen LogP contribution in [-0.4, -0.2) is 5.78 Å². The van der Waals surface area contributed by atoms with Gasteiger partial charge in [-0.1, -0.05) is 28.1 Å². The quantitative estimate of drug-likeness (QED) is 0.590. The minimum Gasteiger partial charge on any atom is -0.289 e. The maximum absolute atomic E-state index is 12.6. The summed E-state index contributed by atoms with van der Waals surface area (Å²) in [6.45, 7) is 1.99. The van der Waals surface area contributed by atoms with Crippen molar-refractivity contribution in [2.75, 3.05) is 0 Å². The summed E-state index contributed by atoms with van der Waals surface area (Å²) < 4.78 is 2.00. The lowest BCUT2D eigenvalue weighted by Crippen LogP contribution is -2.01. The van der Waals surface area contributed by atoms with Crippen molar-refractivity contribution in [3.63, 3.8) is 0 Å². The number of halogens is 1. The Bertz CT molecular complexity index is 753. The highest BCUT2D eigenvalue weighted by Gasteiger charge is 2.14. The number of thiophene rings is 1. The fraction of sp³-hybridized carbons (Fsp3) is 0.0625. The van der Waals surface area contributed by atoms with Crippen LogP contribution in [-0.2, 0) is 0 Å². The van der Waals surface area contributed by atoms with Gasteiger partial charge in [-0.15, -0.1) is 11.3 Å². The van der Waals surface area contributed by atoms with Crippen LogP contribution in [0.3, 0.4) is 0 Å². The Morgan fingerprint density at radius 1 is 1.16 bits per heavy atom. The van der Waals surface area contributed by atoms with Gasteiger partial charge in [-0.25, -0.2) is 0 Å². The van der Waals surface area contributed by atoms with Gasteiger partial charge in [-0.3, -0.25) is 4.79 Å². The lowest BCUT2D eigenvalue weighted by molar-refractivity contribution is 0.104. The van der Waals surface area contributed by atoms with E-state index in [4.69, 9.17) is 0 Å².